The number of para-hydroxylation sites is 1. The van der Waals surface area contributed by atoms with Crippen LogP contribution in [0.15, 0.2) is 40.3 Å². The molecule has 4 heterocycles. The predicted octanol–water partition coefficient (Wildman–Crippen LogP) is -7.44. The summed E-state index contributed by atoms with van der Waals surface area (Å²) in [6.07, 6.45) is -1.89. The third-order valence-corrected chi connectivity index (χ3v) is 17.2. The normalized spacial score (nSPS) is 26.1. The number of nitrogens with two attached hydrogens (primary N) is 6. The van der Waals surface area contributed by atoms with Crippen molar-refractivity contribution in [1.82, 2.24) is 63.1 Å². The lowest BCUT2D eigenvalue weighted by Crippen LogP contribution is -2.61. The molecule has 1 aromatic carbocycles. The minimum Gasteiger partial charge on any atom is -0.481 e. The van der Waals surface area contributed by atoms with E-state index in [1.54, 1.807) is 30.3 Å². The molecule has 91 heavy (non-hydrogen) atoms. The van der Waals surface area contributed by atoms with Crippen LogP contribution in [0.4, 0.5) is 0 Å². The summed E-state index contributed by atoms with van der Waals surface area (Å²) >= 11 is 0. The second-order valence-corrected chi connectivity index (χ2v) is 24.3. The second-order valence-electron chi connectivity index (χ2n) is 21.8. The summed E-state index contributed by atoms with van der Waals surface area (Å²) in [5.74, 6) is -14.8. The predicted molar refractivity (Wildman–Crippen MR) is 333 cm³/mol. The number of guanidine groups is 2. The van der Waals surface area contributed by atoms with Gasteiger partial charge in [0.1, 0.15) is 66.5 Å². The van der Waals surface area contributed by atoms with Crippen molar-refractivity contribution in [2.24, 2.45) is 44.4 Å². The van der Waals surface area contributed by atoms with Gasteiger partial charge in [0.05, 0.1) is 19.6 Å². The van der Waals surface area contributed by atoms with E-state index in [1.807, 2.05) is 0 Å². The zero-order chi connectivity index (χ0) is 66.9. The lowest BCUT2D eigenvalue weighted by molar-refractivity contribution is -0.146. The van der Waals surface area contributed by atoms with Crippen LogP contribution in [0.25, 0.3) is 10.9 Å². The largest absolute Gasteiger partial charge is 0.481 e. The van der Waals surface area contributed by atoms with Gasteiger partial charge in [0.25, 0.3) is 0 Å². The first kappa shape index (κ1) is 72.8. The van der Waals surface area contributed by atoms with Crippen LogP contribution < -0.4 is 87.6 Å². The molecule has 2 aromatic rings. The fourth-order valence-corrected chi connectivity index (χ4v) is 12.3. The van der Waals surface area contributed by atoms with E-state index >= 15 is 0 Å². The van der Waals surface area contributed by atoms with Crippen LogP contribution in [-0.2, 0) is 68.7 Å². The number of primary amides is 1. The van der Waals surface area contributed by atoms with Gasteiger partial charge in [-0.1, -0.05) is 52.6 Å². The fraction of sp³-hybridized carbons (Fsp3) is 0.574. The Morgan fingerprint density at radius 2 is 1.19 bits per heavy atom. The van der Waals surface area contributed by atoms with Gasteiger partial charge in [-0.25, -0.2) is 0 Å². The molecule has 500 valence electrons. The Bertz CT molecular complexity index is 3000. The first-order valence-corrected chi connectivity index (χ1v) is 31.8. The topological polar surface area (TPSA) is 583 Å². The maximum absolute atomic E-state index is 14.6. The Balaban J connectivity index is 1.65. The summed E-state index contributed by atoms with van der Waals surface area (Å²) < 4.78 is 0. The molecule has 12 amide bonds. The van der Waals surface area contributed by atoms with Crippen LogP contribution in [0.2, 0.25) is 0 Å². The Labute approximate surface area is 530 Å². The number of nitrogens with one attached hydrogen (secondary N) is 11. The van der Waals surface area contributed by atoms with Gasteiger partial charge in [-0.05, 0) is 75.8 Å². The number of aliphatic hydroxyl groups is 1. The number of H-pyrrole nitrogens is 1. The maximum Gasteiger partial charge on any atom is 0.305 e. The number of carbonyl (C=O) groups is 13. The SMILES string of the molecule is C[C@@H]1NC(=O)[C@@H]2CSSC[C@H](NC(=O)CN)C(=O)N[C@@H](CCCC[C@@H](C(N)=O)NC(=O)[C@H](CCCN=C(N)N)NC(=O)[C@H](Cc3cc4ccccc4[nH]3)NC1=O)C(=O)N[C@@H](CO)C(=O)N[C@@H](CC(=O)O)C(=O)N1CCCC1C(=O)N[C@@H](CCCN=C(N)N)C(=O)N2. The summed E-state index contributed by atoms with van der Waals surface area (Å²) in [6, 6.07) is -8.46. The first-order chi connectivity index (χ1) is 43.3. The van der Waals surface area contributed by atoms with E-state index in [2.05, 4.69) is 68.1 Å². The van der Waals surface area contributed by atoms with E-state index in [0.29, 0.717) is 11.2 Å². The maximum atomic E-state index is 14.6. The van der Waals surface area contributed by atoms with Crippen molar-refractivity contribution < 1.29 is 72.5 Å². The van der Waals surface area contributed by atoms with Crippen molar-refractivity contribution >= 4 is 121 Å². The number of carboxylic acids is 1. The van der Waals surface area contributed by atoms with E-state index in [-0.39, 0.29) is 114 Å². The lowest BCUT2D eigenvalue weighted by atomic mass is 10.0. The Kier molecular flexibility index (Phi) is 28.8. The average Bonchev–Trinajstić information content (AvgIpc) is 2.00. The van der Waals surface area contributed by atoms with E-state index in [9.17, 15) is 72.5 Å². The number of aromatic amines is 1. The second kappa shape index (κ2) is 36.0. The number of aliphatic hydroxyl groups excluding tert-OH is 1. The van der Waals surface area contributed by atoms with Crippen molar-refractivity contribution in [3.05, 3.63) is 36.0 Å². The molecule has 11 atom stereocenters. The van der Waals surface area contributed by atoms with Crippen molar-refractivity contribution in [2.45, 2.75) is 150 Å². The van der Waals surface area contributed by atoms with Gasteiger partial charge in [0.2, 0.25) is 70.9 Å². The number of carboxylic acid groups (broad SMARTS) is 1. The van der Waals surface area contributed by atoms with Gasteiger partial charge in [0.15, 0.2) is 11.9 Å². The van der Waals surface area contributed by atoms with Gasteiger partial charge in [-0.3, -0.25) is 72.3 Å². The van der Waals surface area contributed by atoms with Crippen molar-refractivity contribution in [3.63, 3.8) is 0 Å². The van der Waals surface area contributed by atoms with E-state index in [4.69, 9.17) is 34.4 Å². The molecular formula is C54H82N20O15S2. The van der Waals surface area contributed by atoms with Crippen LogP contribution >= 0.6 is 21.6 Å². The number of aliphatic carboxylic acids is 1. The summed E-state index contributed by atoms with van der Waals surface area (Å²) in [6.45, 7) is -0.689. The molecule has 3 aliphatic heterocycles. The highest BCUT2D eigenvalue weighted by Gasteiger charge is 2.42. The van der Waals surface area contributed by atoms with E-state index < -0.39 is 163 Å². The molecule has 1 aromatic heterocycles. The summed E-state index contributed by atoms with van der Waals surface area (Å²) in [5.41, 5.74) is 34.8. The summed E-state index contributed by atoms with van der Waals surface area (Å²) in [4.78, 5) is 194. The molecule has 3 aliphatic rings. The highest BCUT2D eigenvalue weighted by molar-refractivity contribution is 8.76. The van der Waals surface area contributed by atoms with Gasteiger partial charge < -0.3 is 108 Å². The third-order valence-electron chi connectivity index (χ3n) is 14.8. The number of amides is 12. The molecule has 3 saturated heterocycles. The monoisotopic (exact) mass is 1310 g/mol. The van der Waals surface area contributed by atoms with Crippen LogP contribution in [0.3, 0.4) is 0 Å². The third kappa shape index (κ3) is 23.1. The standard InChI is InChI=1S/C54H82N20O15S2/c1-26-43(80)70-34(20-28-19-27-9-2-3-10-29(27)64-28)47(84)67-32(13-6-16-61-53(57)58)44(81)66-30(42(56)79)11-4-5-12-31-45(82)72-36(23-75)48(85)71-35(21-41(77)78)52(89)74-18-8-15-39(74)51(88)69-33(14-7-17-62-54(59)60)46(83)73-38(49(86)63-26)25-91-90-24-37(50(87)68-31)65-40(76)22-55/h2-3,9-10,19,26,30-39,64,75H,4-8,11-18,20-25,55H2,1H3,(H2,56,79)(H,63,86)(H,65,76)(H,66,81)(H,67,84)(H,68,87)(H,69,88)(H,70,80)(H,71,85)(H,72,82)(H,73,83)(H,77,78)(H4,57,58,61)(H4,59,60,62)/t26-,30-,31-,32-,33-,34-,35-,36-,37-,38-,39?/m0/s1. The van der Waals surface area contributed by atoms with Crippen molar-refractivity contribution in [1.29, 1.82) is 0 Å². The van der Waals surface area contributed by atoms with Crippen molar-refractivity contribution in [2.75, 3.05) is 44.3 Å². The highest BCUT2D eigenvalue weighted by atomic mass is 33.1. The molecule has 25 N–H and O–H groups in total. The molecule has 2 bridgehead atoms. The molecule has 5 rings (SSSR count). The van der Waals surface area contributed by atoms with Crippen LogP contribution in [0.5, 0.6) is 0 Å². The molecule has 35 nitrogen and oxygen atoms in total. The number of benzene rings is 1. The zero-order valence-electron chi connectivity index (χ0n) is 50.0. The Hall–Kier alpha value is -8.97. The number of rotatable bonds is 16. The molecule has 0 aliphatic carbocycles. The summed E-state index contributed by atoms with van der Waals surface area (Å²) in [7, 11) is 1.79. The molecule has 1 unspecified atom stereocenters. The zero-order valence-corrected chi connectivity index (χ0v) is 51.6. The van der Waals surface area contributed by atoms with Crippen LogP contribution in [-0.4, -0.2) is 220 Å². The number of aliphatic imine (C=N–C) groups is 2. The number of carbonyl (C=O) groups excluding carboxylic acids is 12. The minimum absolute atomic E-state index is 0.00889. The fourth-order valence-electron chi connectivity index (χ4n) is 9.97. The minimum atomic E-state index is -1.92. The van der Waals surface area contributed by atoms with Gasteiger partial charge >= 0.3 is 5.97 Å². The quantitative estimate of drug-likeness (QED) is 0.0321. The lowest BCUT2D eigenvalue weighted by Gasteiger charge is -2.30. The van der Waals surface area contributed by atoms with Crippen molar-refractivity contribution in [3.8, 4) is 0 Å². The van der Waals surface area contributed by atoms with Crippen LogP contribution in [0.1, 0.15) is 83.2 Å². The van der Waals surface area contributed by atoms with Gasteiger partial charge in [-0.15, -0.1) is 0 Å². The molecule has 0 spiro atoms. The number of hydrogen-bond donors (Lipinski definition) is 19. The number of fused-ring (bicyclic) bond motifs is 10. The number of aromatic nitrogens is 1. The van der Waals surface area contributed by atoms with Gasteiger partial charge in [0, 0.05) is 48.8 Å². The molecular weight excluding hydrogens is 1230 g/mol. The van der Waals surface area contributed by atoms with Crippen LogP contribution in [0, 0.1) is 0 Å². The Morgan fingerprint density at radius 1 is 0.626 bits per heavy atom. The number of nitrogens with zero attached hydrogens (tertiary/aromatic N) is 3. The number of hydrogen-bond acceptors (Lipinski definition) is 19. The smallest absolute Gasteiger partial charge is 0.305 e. The van der Waals surface area contributed by atoms with E-state index in [0.717, 1.165) is 31.9 Å². The summed E-state index contributed by atoms with van der Waals surface area (Å²) in [5, 5.41) is 46.4. The van der Waals surface area contributed by atoms with E-state index in [1.165, 1.54) is 6.92 Å². The highest BCUT2D eigenvalue weighted by Crippen LogP contribution is 2.25. The molecule has 0 saturated carbocycles. The average molecular weight is 1320 g/mol. The molecule has 0 radical (unpaired) electrons. The molecule has 37 heteroatoms. The first-order valence-electron chi connectivity index (χ1n) is 29.4. The van der Waals surface area contributed by atoms with Gasteiger partial charge in [-0.2, -0.15) is 0 Å². The Morgan fingerprint density at radius 3 is 1.81 bits per heavy atom. The molecule has 3 fully saturated rings.